The van der Waals surface area contributed by atoms with E-state index in [4.69, 9.17) is 5.26 Å². The molecule has 0 heterocycles. The van der Waals surface area contributed by atoms with Gasteiger partial charge >= 0.3 is 6.18 Å². The first-order valence-electron chi connectivity index (χ1n) is 5.75. The molecule has 96 valence electrons. The number of benzene rings is 1. The molecule has 0 saturated heterocycles. The van der Waals surface area contributed by atoms with Gasteiger partial charge in [-0.05, 0) is 31.4 Å². The molecule has 2 nitrogen and oxygen atoms in total. The summed E-state index contributed by atoms with van der Waals surface area (Å²) in [5, 5.41) is 9.03. The molecule has 0 radical (unpaired) electrons. The van der Waals surface area contributed by atoms with Crippen molar-refractivity contribution in [2.24, 2.45) is 0 Å². The lowest BCUT2D eigenvalue weighted by atomic mass is 10.1. The fraction of sp³-hybridized carbons (Fsp3) is 0.462. The number of halogens is 3. The molecule has 0 bridgehead atoms. The Morgan fingerprint density at radius 3 is 2.56 bits per heavy atom. The van der Waals surface area contributed by atoms with Gasteiger partial charge in [0.05, 0.1) is 11.3 Å². The Morgan fingerprint density at radius 1 is 1.39 bits per heavy atom. The SMILES string of the molecule is Cc1cccc(C#N)c1N(CC(F)(F)F)C1CC1. The summed E-state index contributed by atoms with van der Waals surface area (Å²) in [5.74, 6) is 0. The third-order valence-electron chi connectivity index (χ3n) is 2.98. The maximum atomic E-state index is 12.6. The zero-order valence-electron chi connectivity index (χ0n) is 9.96. The minimum atomic E-state index is -4.25. The van der Waals surface area contributed by atoms with Crippen molar-refractivity contribution >= 4 is 5.69 Å². The number of nitriles is 1. The Hall–Kier alpha value is -1.70. The lowest BCUT2D eigenvalue weighted by Crippen LogP contribution is -2.36. The maximum Gasteiger partial charge on any atom is 0.405 e. The second-order valence-corrected chi connectivity index (χ2v) is 4.56. The fourth-order valence-corrected chi connectivity index (χ4v) is 2.10. The highest BCUT2D eigenvalue weighted by molar-refractivity contribution is 5.65. The molecule has 1 fully saturated rings. The van der Waals surface area contributed by atoms with Crippen LogP contribution in [0.25, 0.3) is 0 Å². The molecule has 0 aromatic heterocycles. The standard InChI is InChI=1S/C13H13F3N2/c1-9-3-2-4-10(7-17)12(9)18(11-5-6-11)8-13(14,15)16/h2-4,11H,5-6,8H2,1H3. The van der Waals surface area contributed by atoms with Crippen LogP contribution in [0.4, 0.5) is 18.9 Å². The van der Waals surface area contributed by atoms with E-state index in [0.717, 1.165) is 12.8 Å². The zero-order chi connectivity index (χ0) is 13.3. The highest BCUT2D eigenvalue weighted by Gasteiger charge is 2.39. The smallest absolute Gasteiger partial charge is 0.358 e. The first-order valence-corrected chi connectivity index (χ1v) is 5.75. The van der Waals surface area contributed by atoms with Crippen molar-refractivity contribution < 1.29 is 13.2 Å². The van der Waals surface area contributed by atoms with Crippen LogP contribution >= 0.6 is 0 Å². The number of alkyl halides is 3. The quantitative estimate of drug-likeness (QED) is 0.826. The van der Waals surface area contributed by atoms with Crippen molar-refractivity contribution in [1.29, 1.82) is 5.26 Å². The van der Waals surface area contributed by atoms with Crippen LogP contribution in [0.2, 0.25) is 0 Å². The van der Waals surface area contributed by atoms with Gasteiger partial charge in [0.25, 0.3) is 0 Å². The van der Waals surface area contributed by atoms with Crippen LogP contribution < -0.4 is 4.90 Å². The van der Waals surface area contributed by atoms with Crippen LogP contribution in [0.15, 0.2) is 18.2 Å². The molecule has 1 saturated carbocycles. The molecule has 2 rings (SSSR count). The summed E-state index contributed by atoms with van der Waals surface area (Å²) >= 11 is 0. The average molecular weight is 254 g/mol. The number of hydrogen-bond acceptors (Lipinski definition) is 2. The Balaban J connectivity index is 2.40. The van der Waals surface area contributed by atoms with Gasteiger partial charge in [0.15, 0.2) is 0 Å². The number of nitrogens with zero attached hydrogens (tertiary/aromatic N) is 2. The highest BCUT2D eigenvalue weighted by Crippen LogP contribution is 2.37. The van der Waals surface area contributed by atoms with Gasteiger partial charge in [0.2, 0.25) is 0 Å². The monoisotopic (exact) mass is 254 g/mol. The lowest BCUT2D eigenvalue weighted by Gasteiger charge is -2.28. The lowest BCUT2D eigenvalue weighted by molar-refractivity contribution is -0.120. The van der Waals surface area contributed by atoms with Gasteiger partial charge in [-0.15, -0.1) is 0 Å². The van der Waals surface area contributed by atoms with Crippen molar-refractivity contribution in [2.45, 2.75) is 32.0 Å². The van der Waals surface area contributed by atoms with Crippen molar-refractivity contribution in [2.75, 3.05) is 11.4 Å². The first kappa shape index (κ1) is 12.7. The van der Waals surface area contributed by atoms with Gasteiger partial charge in [-0.2, -0.15) is 18.4 Å². The van der Waals surface area contributed by atoms with Gasteiger partial charge < -0.3 is 4.90 Å². The summed E-state index contributed by atoms with van der Waals surface area (Å²) in [6.07, 6.45) is -2.73. The molecule has 0 atom stereocenters. The Kier molecular flexibility index (Phi) is 3.20. The number of hydrogen-bond donors (Lipinski definition) is 0. The number of anilines is 1. The van der Waals surface area contributed by atoms with E-state index in [0.29, 0.717) is 16.8 Å². The summed E-state index contributed by atoms with van der Waals surface area (Å²) in [6.45, 7) is 0.749. The van der Waals surface area contributed by atoms with Gasteiger partial charge in [-0.3, -0.25) is 0 Å². The third kappa shape index (κ3) is 2.76. The van der Waals surface area contributed by atoms with Crippen LogP contribution in [0.5, 0.6) is 0 Å². The van der Waals surface area contributed by atoms with E-state index < -0.39 is 12.7 Å². The number of para-hydroxylation sites is 1. The summed E-state index contributed by atoms with van der Waals surface area (Å²) in [4.78, 5) is 1.33. The summed E-state index contributed by atoms with van der Waals surface area (Å²) in [7, 11) is 0. The molecule has 1 aromatic carbocycles. The summed E-state index contributed by atoms with van der Waals surface area (Å²) in [5.41, 5.74) is 1.45. The average Bonchev–Trinajstić information content (AvgIpc) is 3.08. The van der Waals surface area contributed by atoms with Gasteiger partial charge in [-0.1, -0.05) is 12.1 Å². The topological polar surface area (TPSA) is 27.0 Å². The van der Waals surface area contributed by atoms with Gasteiger partial charge in [0.1, 0.15) is 12.6 Å². The minimum Gasteiger partial charge on any atom is -0.358 e. The van der Waals surface area contributed by atoms with Crippen LogP contribution in [0, 0.1) is 18.3 Å². The predicted molar refractivity (Wildman–Crippen MR) is 62.3 cm³/mol. The summed E-state index contributed by atoms with van der Waals surface area (Å²) < 4.78 is 37.9. The minimum absolute atomic E-state index is 0.0835. The molecular formula is C13H13F3N2. The predicted octanol–water partition coefficient (Wildman–Crippen LogP) is 3.40. The molecule has 0 N–H and O–H groups in total. The van der Waals surface area contributed by atoms with Crippen molar-refractivity contribution in [1.82, 2.24) is 0 Å². The van der Waals surface area contributed by atoms with Crippen LogP contribution in [-0.4, -0.2) is 18.8 Å². The molecule has 5 heteroatoms. The van der Waals surface area contributed by atoms with E-state index in [1.165, 1.54) is 4.90 Å². The Labute approximate surface area is 104 Å². The van der Waals surface area contributed by atoms with E-state index in [2.05, 4.69) is 0 Å². The number of aryl methyl sites for hydroxylation is 1. The molecule has 0 amide bonds. The highest BCUT2D eigenvalue weighted by atomic mass is 19.4. The summed E-state index contributed by atoms with van der Waals surface area (Å²) in [6, 6.07) is 6.88. The molecular weight excluding hydrogens is 241 g/mol. The second-order valence-electron chi connectivity index (χ2n) is 4.56. The first-order chi connectivity index (χ1) is 8.42. The van der Waals surface area contributed by atoms with Gasteiger partial charge in [-0.25, -0.2) is 0 Å². The molecule has 0 unspecified atom stereocenters. The molecule has 0 spiro atoms. The van der Waals surface area contributed by atoms with Crippen molar-refractivity contribution in [3.63, 3.8) is 0 Å². The third-order valence-corrected chi connectivity index (χ3v) is 2.98. The Morgan fingerprint density at radius 2 is 2.06 bits per heavy atom. The Bertz CT molecular complexity index is 484. The number of rotatable bonds is 3. The normalized spacial score (nSPS) is 15.3. The largest absolute Gasteiger partial charge is 0.405 e. The van der Waals surface area contributed by atoms with E-state index in [1.54, 1.807) is 25.1 Å². The van der Waals surface area contributed by atoms with E-state index >= 15 is 0 Å². The van der Waals surface area contributed by atoms with E-state index in [-0.39, 0.29) is 6.04 Å². The van der Waals surface area contributed by atoms with Crippen molar-refractivity contribution in [3.05, 3.63) is 29.3 Å². The van der Waals surface area contributed by atoms with Crippen LogP contribution in [-0.2, 0) is 0 Å². The zero-order valence-corrected chi connectivity index (χ0v) is 9.96. The van der Waals surface area contributed by atoms with Gasteiger partial charge in [0, 0.05) is 6.04 Å². The molecule has 1 aliphatic rings. The molecule has 1 aromatic rings. The maximum absolute atomic E-state index is 12.6. The fourth-order valence-electron chi connectivity index (χ4n) is 2.10. The molecule has 0 aliphatic heterocycles. The van der Waals surface area contributed by atoms with E-state index in [1.807, 2.05) is 6.07 Å². The van der Waals surface area contributed by atoms with Crippen molar-refractivity contribution in [3.8, 4) is 6.07 Å². The van der Waals surface area contributed by atoms with E-state index in [9.17, 15) is 13.2 Å². The molecule has 18 heavy (non-hydrogen) atoms. The second kappa shape index (κ2) is 4.52. The van der Waals surface area contributed by atoms with Crippen LogP contribution in [0.1, 0.15) is 24.0 Å². The van der Waals surface area contributed by atoms with Crippen LogP contribution in [0.3, 0.4) is 0 Å². The molecule has 1 aliphatic carbocycles.